The summed E-state index contributed by atoms with van der Waals surface area (Å²) in [5.41, 5.74) is 0. The van der Waals surface area contributed by atoms with E-state index in [1.165, 1.54) is 0 Å². The number of hydrogen-bond acceptors (Lipinski definition) is 2. The first kappa shape index (κ1) is 11.3. The van der Waals surface area contributed by atoms with Crippen molar-refractivity contribution in [2.75, 3.05) is 6.61 Å². The van der Waals surface area contributed by atoms with Crippen LogP contribution in [-0.2, 0) is 16.3 Å². The Bertz CT molecular complexity index is 88.0. The van der Waals surface area contributed by atoms with Crippen LogP contribution in [0.5, 0.6) is 0 Å². The lowest BCUT2D eigenvalue weighted by molar-refractivity contribution is 0.265. The van der Waals surface area contributed by atoms with Crippen LogP contribution in [0, 0.1) is 0 Å². The molecule has 4 N–H and O–H groups in total. The summed E-state index contributed by atoms with van der Waals surface area (Å²) in [7, 11) is 0. The van der Waals surface area contributed by atoms with Crippen molar-refractivity contribution < 1.29 is 19.8 Å². The van der Waals surface area contributed by atoms with Gasteiger partial charge >= 0.3 is 6.72 Å². The van der Waals surface area contributed by atoms with Crippen molar-refractivity contribution in [2.24, 2.45) is 0 Å². The average molecular weight is 160 g/mol. The van der Waals surface area contributed by atoms with Crippen molar-refractivity contribution in [2.45, 2.75) is 6.92 Å². The molecule has 0 saturated heterocycles. The molecule has 0 aliphatic rings. The molecule has 8 heavy (non-hydrogen) atoms. The molecule has 4 nitrogen and oxygen atoms in total. The summed E-state index contributed by atoms with van der Waals surface area (Å²) in [6.45, 7) is -1.43. The standard InChI is InChI=1S/C2H7O3PS.H2O/c1-2-5-6(3,4)7;/h2H2,1H3,(H2,3,4,7);1H2. The molecule has 0 aliphatic carbocycles. The second-order valence-electron chi connectivity index (χ2n) is 0.908. The van der Waals surface area contributed by atoms with Crippen LogP contribution in [0.2, 0.25) is 0 Å². The van der Waals surface area contributed by atoms with Gasteiger partial charge in [-0.05, 0) is 18.7 Å². The van der Waals surface area contributed by atoms with E-state index in [-0.39, 0.29) is 12.1 Å². The van der Waals surface area contributed by atoms with Gasteiger partial charge in [-0.1, -0.05) is 0 Å². The van der Waals surface area contributed by atoms with E-state index in [2.05, 4.69) is 16.3 Å². The summed E-state index contributed by atoms with van der Waals surface area (Å²) in [6.07, 6.45) is 0. The van der Waals surface area contributed by atoms with Crippen molar-refractivity contribution >= 4 is 18.5 Å². The maximum absolute atomic E-state index is 8.28. The molecule has 0 aliphatic heterocycles. The van der Waals surface area contributed by atoms with Crippen LogP contribution >= 0.6 is 6.72 Å². The Kier molecular flexibility index (Phi) is 6.19. The van der Waals surface area contributed by atoms with Gasteiger partial charge in [0, 0.05) is 0 Å². The maximum Gasteiger partial charge on any atom is 0.321 e. The van der Waals surface area contributed by atoms with Gasteiger partial charge < -0.3 is 19.8 Å². The first-order valence-corrected chi connectivity index (χ1v) is 4.39. The SMILES string of the molecule is CCOP(O)(O)=S.O. The highest BCUT2D eigenvalue weighted by atomic mass is 32.5. The van der Waals surface area contributed by atoms with Crippen LogP contribution in [0.15, 0.2) is 0 Å². The summed E-state index contributed by atoms with van der Waals surface area (Å²) in [5.74, 6) is 0. The third-order valence-corrected chi connectivity index (χ3v) is 1.21. The number of hydrogen-bond donors (Lipinski definition) is 2. The topological polar surface area (TPSA) is 81.2 Å². The molecule has 0 heterocycles. The second kappa shape index (κ2) is 4.38. The monoisotopic (exact) mass is 160 g/mol. The molecular weight excluding hydrogens is 151 g/mol. The predicted molar refractivity (Wildman–Crippen MR) is 34.0 cm³/mol. The predicted octanol–water partition coefficient (Wildman–Crippen LogP) is -0.593. The van der Waals surface area contributed by atoms with Crippen LogP contribution < -0.4 is 0 Å². The van der Waals surface area contributed by atoms with Crippen molar-refractivity contribution in [3.63, 3.8) is 0 Å². The minimum absolute atomic E-state index is 0. The van der Waals surface area contributed by atoms with Gasteiger partial charge in [0.1, 0.15) is 0 Å². The molecule has 0 amide bonds. The van der Waals surface area contributed by atoms with Gasteiger partial charge in [-0.3, -0.25) is 0 Å². The van der Waals surface area contributed by atoms with Crippen LogP contribution in [0.4, 0.5) is 0 Å². The third-order valence-electron chi connectivity index (χ3n) is 0.297. The summed E-state index contributed by atoms with van der Waals surface area (Å²) in [6, 6.07) is 0. The molecule has 0 aromatic heterocycles. The van der Waals surface area contributed by atoms with Gasteiger partial charge in [-0.2, -0.15) is 0 Å². The van der Waals surface area contributed by atoms with Gasteiger partial charge in [-0.15, -0.1) is 0 Å². The lowest BCUT2D eigenvalue weighted by Gasteiger charge is -2.02. The van der Waals surface area contributed by atoms with Gasteiger partial charge in [0.05, 0.1) is 6.61 Å². The Morgan fingerprint density at radius 3 is 2.00 bits per heavy atom. The fourth-order valence-electron chi connectivity index (χ4n) is 0.168. The van der Waals surface area contributed by atoms with E-state index < -0.39 is 6.72 Å². The maximum atomic E-state index is 8.28. The Balaban J connectivity index is 0. The van der Waals surface area contributed by atoms with E-state index in [9.17, 15) is 0 Å². The van der Waals surface area contributed by atoms with Gasteiger partial charge in [0.25, 0.3) is 0 Å². The molecule has 0 aromatic rings. The minimum atomic E-state index is -3.33. The van der Waals surface area contributed by atoms with E-state index in [4.69, 9.17) is 9.79 Å². The summed E-state index contributed by atoms with van der Waals surface area (Å²) in [5, 5.41) is 0. The van der Waals surface area contributed by atoms with Gasteiger partial charge in [0.2, 0.25) is 0 Å². The molecule has 0 radical (unpaired) electrons. The average Bonchev–Trinajstić information content (AvgIpc) is 1.30. The smallest absolute Gasteiger partial charge is 0.321 e. The molecular formula is C2H9O4PS. The van der Waals surface area contributed by atoms with Crippen LogP contribution in [0.3, 0.4) is 0 Å². The molecule has 0 unspecified atom stereocenters. The molecule has 0 atom stereocenters. The van der Waals surface area contributed by atoms with Crippen LogP contribution in [0.1, 0.15) is 6.92 Å². The Morgan fingerprint density at radius 1 is 1.62 bits per heavy atom. The van der Waals surface area contributed by atoms with Crippen molar-refractivity contribution in [3.05, 3.63) is 0 Å². The molecule has 0 rings (SSSR count). The second-order valence-corrected chi connectivity index (χ2v) is 3.57. The summed E-state index contributed by atoms with van der Waals surface area (Å²) < 4.78 is 4.27. The van der Waals surface area contributed by atoms with Crippen LogP contribution in [0.25, 0.3) is 0 Å². The molecule has 0 saturated carbocycles. The summed E-state index contributed by atoms with van der Waals surface area (Å²) in [4.78, 5) is 16.6. The quantitative estimate of drug-likeness (QED) is 0.529. The van der Waals surface area contributed by atoms with Crippen molar-refractivity contribution in [1.29, 1.82) is 0 Å². The third kappa shape index (κ3) is 9.70. The number of rotatable bonds is 2. The Labute approximate surface area is 52.7 Å². The van der Waals surface area contributed by atoms with Crippen molar-refractivity contribution in [3.8, 4) is 0 Å². The fraction of sp³-hybridized carbons (Fsp3) is 1.00. The van der Waals surface area contributed by atoms with Gasteiger partial charge in [0.15, 0.2) is 0 Å². The molecule has 0 aromatic carbocycles. The van der Waals surface area contributed by atoms with E-state index in [0.717, 1.165) is 0 Å². The highest BCUT2D eigenvalue weighted by Gasteiger charge is 2.03. The first-order valence-electron chi connectivity index (χ1n) is 1.76. The molecule has 0 fully saturated rings. The van der Waals surface area contributed by atoms with Crippen LogP contribution in [-0.4, -0.2) is 21.9 Å². The largest absolute Gasteiger partial charge is 0.412 e. The minimum Gasteiger partial charge on any atom is -0.412 e. The zero-order valence-electron chi connectivity index (χ0n) is 4.37. The molecule has 6 heteroatoms. The summed E-state index contributed by atoms with van der Waals surface area (Å²) >= 11 is 4.08. The lowest BCUT2D eigenvalue weighted by atomic mass is 10.9. The highest BCUT2D eigenvalue weighted by Crippen LogP contribution is 2.35. The van der Waals surface area contributed by atoms with E-state index in [1.807, 2.05) is 0 Å². The Morgan fingerprint density at radius 2 is 2.00 bits per heavy atom. The highest BCUT2D eigenvalue weighted by molar-refractivity contribution is 8.06. The first-order chi connectivity index (χ1) is 3.06. The molecule has 0 bridgehead atoms. The normalized spacial score (nSPS) is 10.4. The van der Waals surface area contributed by atoms with E-state index in [1.54, 1.807) is 6.92 Å². The molecule has 0 spiro atoms. The fourth-order valence-corrected chi connectivity index (χ4v) is 0.821. The van der Waals surface area contributed by atoms with Crippen molar-refractivity contribution in [1.82, 2.24) is 0 Å². The lowest BCUT2D eigenvalue weighted by Crippen LogP contribution is -1.84. The van der Waals surface area contributed by atoms with Gasteiger partial charge in [-0.25, -0.2) is 0 Å². The zero-order valence-corrected chi connectivity index (χ0v) is 6.08. The van der Waals surface area contributed by atoms with E-state index in [0.29, 0.717) is 0 Å². The Hall–Kier alpha value is 0.490. The molecule has 52 valence electrons. The van der Waals surface area contributed by atoms with E-state index >= 15 is 0 Å². The zero-order chi connectivity index (χ0) is 5.91.